The minimum Gasteiger partial charge on any atom is -0.394 e. The van der Waals surface area contributed by atoms with Crippen molar-refractivity contribution in [2.45, 2.75) is 64.8 Å². The van der Waals surface area contributed by atoms with Gasteiger partial charge in [0.1, 0.15) is 5.69 Å². The highest BCUT2D eigenvalue weighted by atomic mass is 16.5. The van der Waals surface area contributed by atoms with Gasteiger partial charge in [0.2, 0.25) is 11.8 Å². The molecule has 2 bridgehead atoms. The first-order chi connectivity index (χ1) is 15.2. The molecule has 2 amide bonds. The van der Waals surface area contributed by atoms with E-state index in [9.17, 15) is 14.7 Å². The molecule has 0 saturated carbocycles. The molecular formula is C22H42N6O4. The van der Waals surface area contributed by atoms with E-state index < -0.39 is 0 Å². The summed E-state index contributed by atoms with van der Waals surface area (Å²) >= 11 is 0. The van der Waals surface area contributed by atoms with Gasteiger partial charge < -0.3 is 24.5 Å². The molecule has 0 aromatic carbocycles. The number of amides is 2. The van der Waals surface area contributed by atoms with Crippen LogP contribution in [-0.4, -0.2) is 106 Å². The highest BCUT2D eigenvalue weighted by molar-refractivity contribution is 5.76. The molecule has 10 nitrogen and oxygen atoms in total. The highest BCUT2D eigenvalue weighted by Crippen LogP contribution is 2.18. The lowest BCUT2D eigenvalue weighted by Gasteiger charge is -2.35. The van der Waals surface area contributed by atoms with Gasteiger partial charge in [-0.2, -0.15) is 0 Å². The molecule has 0 unspecified atom stereocenters. The van der Waals surface area contributed by atoms with E-state index in [1.807, 2.05) is 34.1 Å². The monoisotopic (exact) mass is 454 g/mol. The normalized spacial score (nSPS) is 21.6. The number of aliphatic hydroxyl groups is 1. The molecule has 10 heteroatoms. The van der Waals surface area contributed by atoms with Crippen LogP contribution in [0.4, 0.5) is 0 Å². The summed E-state index contributed by atoms with van der Waals surface area (Å²) in [6.07, 6.45) is 3.87. The van der Waals surface area contributed by atoms with Crippen LogP contribution in [0.1, 0.15) is 46.7 Å². The molecule has 2 heterocycles. The number of hydrogen-bond donors (Lipinski definition) is 1. The van der Waals surface area contributed by atoms with E-state index in [0.717, 1.165) is 18.7 Å². The van der Waals surface area contributed by atoms with Crippen molar-refractivity contribution in [2.75, 3.05) is 47.4 Å². The maximum absolute atomic E-state index is 12.9. The molecule has 184 valence electrons. The number of carbonyl (C=O) groups excluding carboxylic acids is 2. The molecule has 0 saturated heterocycles. The zero-order valence-electron chi connectivity index (χ0n) is 20.2. The first-order valence-corrected chi connectivity index (χ1v) is 11.5. The molecule has 32 heavy (non-hydrogen) atoms. The van der Waals surface area contributed by atoms with Crippen molar-refractivity contribution in [1.82, 2.24) is 29.7 Å². The molecule has 1 aromatic rings. The van der Waals surface area contributed by atoms with E-state index >= 15 is 0 Å². The summed E-state index contributed by atoms with van der Waals surface area (Å²) in [5, 5.41) is 18.0. The van der Waals surface area contributed by atoms with Crippen LogP contribution in [0, 0.1) is 5.92 Å². The Bertz CT molecular complexity index is 731. The topological polar surface area (TPSA) is 104 Å². The summed E-state index contributed by atoms with van der Waals surface area (Å²) in [6.45, 7) is 6.41. The van der Waals surface area contributed by atoms with Crippen molar-refractivity contribution in [3.05, 3.63) is 11.9 Å². The third-order valence-corrected chi connectivity index (χ3v) is 5.92. The molecule has 0 spiro atoms. The number of rotatable bonds is 8. The average molecular weight is 455 g/mol. The Balaban J connectivity index is 0.00000544. The number of aromatic nitrogens is 3. The molecule has 1 N–H and O–H groups in total. The van der Waals surface area contributed by atoms with Gasteiger partial charge >= 0.3 is 0 Å². The maximum atomic E-state index is 12.9. The van der Waals surface area contributed by atoms with Gasteiger partial charge in [-0.05, 0) is 40.4 Å². The summed E-state index contributed by atoms with van der Waals surface area (Å²) < 4.78 is 7.93. The minimum atomic E-state index is -0.287. The third-order valence-electron chi connectivity index (χ3n) is 5.92. The SMILES string of the molecule is C[C@H]1CN([C@@H](C)CO)C(=O)CCCn2cc(nn2)CO[C@H]1CN(C)C(=O)CCCN(C)C.[HH]. The van der Waals surface area contributed by atoms with Gasteiger partial charge in [-0.15, -0.1) is 5.10 Å². The van der Waals surface area contributed by atoms with E-state index in [-0.39, 0.29) is 37.9 Å². The number of fused-ring (bicyclic) bond motifs is 2. The summed E-state index contributed by atoms with van der Waals surface area (Å²) in [6, 6.07) is -0.279. The molecule has 1 aliphatic rings. The van der Waals surface area contributed by atoms with Gasteiger partial charge in [-0.1, -0.05) is 12.1 Å². The number of nitrogens with zero attached hydrogens (tertiary/aromatic N) is 6. The van der Waals surface area contributed by atoms with Crippen LogP contribution in [-0.2, 0) is 27.5 Å². The summed E-state index contributed by atoms with van der Waals surface area (Å²) in [5.41, 5.74) is 0.730. The predicted octanol–water partition coefficient (Wildman–Crippen LogP) is 0.849. The van der Waals surface area contributed by atoms with Crippen LogP contribution in [0.5, 0.6) is 0 Å². The fourth-order valence-electron chi connectivity index (χ4n) is 3.80. The largest absolute Gasteiger partial charge is 0.394 e. The van der Waals surface area contributed by atoms with Gasteiger partial charge in [-0.3, -0.25) is 14.3 Å². The molecule has 3 atom stereocenters. The Labute approximate surface area is 193 Å². The summed E-state index contributed by atoms with van der Waals surface area (Å²) in [4.78, 5) is 31.0. The van der Waals surface area contributed by atoms with Crippen LogP contribution in [0.3, 0.4) is 0 Å². The predicted molar refractivity (Wildman–Crippen MR) is 123 cm³/mol. The lowest BCUT2D eigenvalue weighted by molar-refractivity contribution is -0.138. The van der Waals surface area contributed by atoms with Gasteiger partial charge in [0.25, 0.3) is 0 Å². The first kappa shape index (κ1) is 26.2. The molecule has 0 fully saturated rings. The van der Waals surface area contributed by atoms with Crippen LogP contribution < -0.4 is 0 Å². The van der Waals surface area contributed by atoms with E-state index in [1.54, 1.807) is 21.5 Å². The van der Waals surface area contributed by atoms with E-state index in [4.69, 9.17) is 4.74 Å². The van der Waals surface area contributed by atoms with Crippen molar-refractivity contribution in [3.63, 3.8) is 0 Å². The van der Waals surface area contributed by atoms with Crippen molar-refractivity contribution in [1.29, 1.82) is 0 Å². The fourth-order valence-corrected chi connectivity index (χ4v) is 3.80. The van der Waals surface area contributed by atoms with Crippen molar-refractivity contribution >= 4 is 11.8 Å². The van der Waals surface area contributed by atoms with Crippen molar-refractivity contribution in [3.8, 4) is 0 Å². The van der Waals surface area contributed by atoms with Gasteiger partial charge in [0, 0.05) is 46.9 Å². The average Bonchev–Trinajstić information content (AvgIpc) is 3.20. The van der Waals surface area contributed by atoms with Crippen LogP contribution >= 0.6 is 0 Å². The van der Waals surface area contributed by atoms with Crippen LogP contribution in [0.2, 0.25) is 0 Å². The second-order valence-corrected chi connectivity index (χ2v) is 9.16. The molecule has 0 aliphatic carbocycles. The number of ether oxygens (including phenoxy) is 1. The molecular weight excluding hydrogens is 412 g/mol. The standard InChI is InChI=1S/C22H40N6O4.H2/c1-17-12-28(18(2)15-29)22(31)9-7-11-27-13-19(23-24-27)16-32-20(17)14-26(5)21(30)8-6-10-25(3)4;/h13,17-18,20,29H,6-12,14-16H2,1-5H3;1H/t17-,18-,20-;/m0./s1. The molecule has 1 aliphatic heterocycles. The quantitative estimate of drug-likeness (QED) is 0.621. The van der Waals surface area contributed by atoms with E-state index in [2.05, 4.69) is 15.2 Å². The Morgan fingerprint density at radius 1 is 1.41 bits per heavy atom. The second kappa shape index (κ2) is 12.9. The smallest absolute Gasteiger partial charge is 0.222 e. The number of aryl methyl sites for hydroxylation is 1. The Hall–Kier alpha value is -2.04. The first-order valence-electron chi connectivity index (χ1n) is 11.5. The van der Waals surface area contributed by atoms with Crippen LogP contribution in [0.25, 0.3) is 0 Å². The fraction of sp³-hybridized carbons (Fsp3) is 0.818. The van der Waals surface area contributed by atoms with Gasteiger partial charge in [-0.25, -0.2) is 0 Å². The zero-order valence-corrected chi connectivity index (χ0v) is 20.2. The van der Waals surface area contributed by atoms with Crippen molar-refractivity contribution < 1.29 is 20.9 Å². The lowest BCUT2D eigenvalue weighted by atomic mass is 10.0. The number of likely N-dealkylation sites (N-methyl/N-ethyl adjacent to an activating group) is 1. The van der Waals surface area contributed by atoms with Gasteiger partial charge in [0.05, 0.1) is 31.6 Å². The van der Waals surface area contributed by atoms with Crippen molar-refractivity contribution in [2.24, 2.45) is 5.92 Å². The number of carbonyl (C=O) groups is 2. The number of hydrogen-bond acceptors (Lipinski definition) is 7. The maximum Gasteiger partial charge on any atom is 0.222 e. The summed E-state index contributed by atoms with van der Waals surface area (Å²) in [7, 11) is 5.78. The molecule has 2 rings (SSSR count). The second-order valence-electron chi connectivity index (χ2n) is 9.16. The third kappa shape index (κ3) is 8.14. The lowest BCUT2D eigenvalue weighted by Crippen LogP contribution is -2.47. The molecule has 1 aromatic heterocycles. The Morgan fingerprint density at radius 3 is 2.84 bits per heavy atom. The van der Waals surface area contributed by atoms with Gasteiger partial charge in [0.15, 0.2) is 0 Å². The van der Waals surface area contributed by atoms with Crippen LogP contribution in [0.15, 0.2) is 6.20 Å². The zero-order chi connectivity index (χ0) is 23.7. The Kier molecular flexibility index (Phi) is 10.5. The van der Waals surface area contributed by atoms with E-state index in [1.165, 1.54) is 0 Å². The summed E-state index contributed by atoms with van der Waals surface area (Å²) in [5.74, 6) is 0.0406. The Morgan fingerprint density at radius 2 is 2.16 bits per heavy atom. The van der Waals surface area contributed by atoms with E-state index in [0.29, 0.717) is 45.5 Å². The minimum absolute atomic E-state index is 0. The number of aliphatic hydroxyl groups excluding tert-OH is 1. The molecule has 0 radical (unpaired) electrons. The highest BCUT2D eigenvalue weighted by Gasteiger charge is 2.28.